The Morgan fingerprint density at radius 1 is 1.00 bits per heavy atom. The van der Waals surface area contributed by atoms with Crippen molar-refractivity contribution in [2.24, 2.45) is 0 Å². The third kappa shape index (κ3) is 4.83. The van der Waals surface area contributed by atoms with Crippen LogP contribution in [0, 0.1) is 0 Å². The van der Waals surface area contributed by atoms with Crippen LogP contribution in [-0.2, 0) is 9.59 Å². The van der Waals surface area contributed by atoms with E-state index < -0.39 is 11.9 Å². The highest BCUT2D eigenvalue weighted by molar-refractivity contribution is 5.78. The highest BCUT2D eigenvalue weighted by atomic mass is 16.4. The molecule has 5 nitrogen and oxygen atoms in total. The number of aliphatic carboxylic acids is 2. The fraction of sp³-hybridized carbons (Fsp3) is 0.167. The Labute approximate surface area is 97.7 Å². The number of nitrogens with one attached hydrogen (secondary N) is 1. The van der Waals surface area contributed by atoms with Crippen molar-refractivity contribution in [1.29, 1.82) is 0 Å². The molecule has 0 aliphatic heterocycles. The Morgan fingerprint density at radius 3 is 2.12 bits per heavy atom. The van der Waals surface area contributed by atoms with Crippen LogP contribution < -0.4 is 0 Å². The molecule has 3 N–H and O–H groups in total. The van der Waals surface area contributed by atoms with Crippen molar-refractivity contribution in [3.63, 3.8) is 0 Å². The second kappa shape index (κ2) is 6.32. The van der Waals surface area contributed by atoms with Gasteiger partial charge in [-0.25, -0.2) is 0 Å². The summed E-state index contributed by atoms with van der Waals surface area (Å²) in [5.41, 5.74) is 1.21. The lowest BCUT2D eigenvalue weighted by atomic mass is 10.3. The van der Waals surface area contributed by atoms with Gasteiger partial charge in [0, 0.05) is 11.7 Å². The topological polar surface area (TPSA) is 90.4 Å². The number of carbonyl (C=O) groups is 2. The van der Waals surface area contributed by atoms with Crippen molar-refractivity contribution in [1.82, 2.24) is 4.98 Å². The molecule has 0 aliphatic rings. The van der Waals surface area contributed by atoms with Gasteiger partial charge in [-0.1, -0.05) is 18.2 Å². The average Bonchev–Trinajstić information content (AvgIpc) is 2.75. The molecule has 0 saturated carbocycles. The molecule has 1 aromatic carbocycles. The number of benzene rings is 1. The van der Waals surface area contributed by atoms with E-state index in [2.05, 4.69) is 23.2 Å². The minimum Gasteiger partial charge on any atom is -0.481 e. The Morgan fingerprint density at radius 2 is 1.59 bits per heavy atom. The zero-order valence-corrected chi connectivity index (χ0v) is 9.09. The monoisotopic (exact) mass is 235 g/mol. The first kappa shape index (κ1) is 12.8. The summed E-state index contributed by atoms with van der Waals surface area (Å²) < 4.78 is 0. The van der Waals surface area contributed by atoms with E-state index in [4.69, 9.17) is 10.2 Å². The molecule has 2 aromatic rings. The van der Waals surface area contributed by atoms with Gasteiger partial charge in [0.15, 0.2) is 0 Å². The van der Waals surface area contributed by atoms with Crippen LogP contribution in [0.25, 0.3) is 10.9 Å². The Hall–Kier alpha value is -2.30. The highest BCUT2D eigenvalue weighted by Gasteiger charge is 2.00. The fourth-order valence-corrected chi connectivity index (χ4v) is 1.21. The predicted octanol–water partition coefficient (Wildman–Crippen LogP) is 2.10. The number of hydrogen-bond donors (Lipinski definition) is 3. The molecule has 90 valence electrons. The van der Waals surface area contributed by atoms with E-state index in [1.165, 1.54) is 10.9 Å². The summed E-state index contributed by atoms with van der Waals surface area (Å²) in [5, 5.41) is 17.1. The number of rotatable bonds is 3. The molecule has 0 fully saturated rings. The van der Waals surface area contributed by atoms with Crippen molar-refractivity contribution in [2.45, 2.75) is 12.8 Å². The molecule has 0 aliphatic carbocycles. The van der Waals surface area contributed by atoms with Crippen molar-refractivity contribution in [3.05, 3.63) is 36.5 Å². The molecule has 0 spiro atoms. The summed E-state index contributed by atoms with van der Waals surface area (Å²) in [6, 6.07) is 10.3. The van der Waals surface area contributed by atoms with E-state index in [1.807, 2.05) is 18.3 Å². The number of para-hydroxylation sites is 1. The number of hydrogen-bond acceptors (Lipinski definition) is 2. The molecule has 2 rings (SSSR count). The Balaban J connectivity index is 0.000000172. The number of aromatic amines is 1. The predicted molar refractivity (Wildman–Crippen MR) is 62.8 cm³/mol. The van der Waals surface area contributed by atoms with Crippen LogP contribution in [-0.4, -0.2) is 27.1 Å². The van der Waals surface area contributed by atoms with Gasteiger partial charge in [-0.3, -0.25) is 9.59 Å². The Kier molecular flexibility index (Phi) is 4.75. The van der Waals surface area contributed by atoms with Crippen LogP contribution >= 0.6 is 0 Å². The maximum Gasteiger partial charge on any atom is 0.303 e. The minimum absolute atomic E-state index is 0.296. The van der Waals surface area contributed by atoms with Gasteiger partial charge in [0.05, 0.1) is 12.8 Å². The lowest BCUT2D eigenvalue weighted by Crippen LogP contribution is -2.00. The van der Waals surface area contributed by atoms with Gasteiger partial charge in [0.25, 0.3) is 0 Å². The van der Waals surface area contributed by atoms with E-state index >= 15 is 0 Å². The van der Waals surface area contributed by atoms with E-state index in [9.17, 15) is 9.59 Å². The lowest BCUT2D eigenvalue weighted by molar-refractivity contribution is -0.143. The van der Waals surface area contributed by atoms with Crippen LogP contribution in [0.3, 0.4) is 0 Å². The van der Waals surface area contributed by atoms with Gasteiger partial charge in [0.2, 0.25) is 0 Å². The second-order valence-electron chi connectivity index (χ2n) is 3.35. The summed E-state index contributed by atoms with van der Waals surface area (Å²) in [5.74, 6) is -2.15. The van der Waals surface area contributed by atoms with Crippen molar-refractivity contribution in [3.8, 4) is 0 Å². The third-order valence-electron chi connectivity index (χ3n) is 2.02. The summed E-state index contributed by atoms with van der Waals surface area (Å²) in [6.45, 7) is 0. The molecule has 17 heavy (non-hydrogen) atoms. The van der Waals surface area contributed by atoms with Gasteiger partial charge in [-0.15, -0.1) is 0 Å². The maximum atomic E-state index is 9.64. The molecule has 0 atom stereocenters. The van der Waals surface area contributed by atoms with Crippen LogP contribution in [0.15, 0.2) is 36.5 Å². The molecule has 5 heteroatoms. The van der Waals surface area contributed by atoms with Gasteiger partial charge in [-0.2, -0.15) is 0 Å². The third-order valence-corrected chi connectivity index (χ3v) is 2.02. The second-order valence-corrected chi connectivity index (χ2v) is 3.35. The van der Waals surface area contributed by atoms with E-state index in [0.29, 0.717) is 0 Å². The molecule has 0 amide bonds. The fourth-order valence-electron chi connectivity index (χ4n) is 1.21. The van der Waals surface area contributed by atoms with Gasteiger partial charge >= 0.3 is 11.9 Å². The molecule has 0 radical (unpaired) electrons. The summed E-state index contributed by atoms with van der Waals surface area (Å²) >= 11 is 0. The summed E-state index contributed by atoms with van der Waals surface area (Å²) in [7, 11) is 0. The molecular weight excluding hydrogens is 222 g/mol. The number of carboxylic acids is 2. The number of carboxylic acid groups (broad SMARTS) is 2. The number of fused-ring (bicyclic) bond motifs is 1. The standard InChI is InChI=1S/C8H7N.C4H6O4/c1-2-4-8-7(3-1)5-6-9-8;5-3(6)1-2-4(7)8/h1-6,9H;1-2H2,(H,5,6)(H,7,8). The molecule has 1 heterocycles. The largest absolute Gasteiger partial charge is 0.481 e. The number of H-pyrrole nitrogens is 1. The van der Waals surface area contributed by atoms with E-state index in [-0.39, 0.29) is 12.8 Å². The number of aromatic nitrogens is 1. The van der Waals surface area contributed by atoms with Crippen molar-refractivity contribution >= 4 is 22.8 Å². The Bertz CT molecular complexity index is 460. The van der Waals surface area contributed by atoms with Crippen LogP contribution in [0.2, 0.25) is 0 Å². The van der Waals surface area contributed by atoms with Gasteiger partial charge in [-0.05, 0) is 17.5 Å². The van der Waals surface area contributed by atoms with Crippen LogP contribution in [0.5, 0.6) is 0 Å². The molecular formula is C12H13NO4. The zero-order chi connectivity index (χ0) is 12.7. The lowest BCUT2D eigenvalue weighted by Gasteiger charge is -1.85. The normalized spacial score (nSPS) is 9.41. The summed E-state index contributed by atoms with van der Waals surface area (Å²) in [6.07, 6.45) is 1.36. The van der Waals surface area contributed by atoms with Crippen molar-refractivity contribution in [2.75, 3.05) is 0 Å². The SMILES string of the molecule is O=C(O)CCC(=O)O.c1ccc2[nH]ccc2c1. The zero-order valence-electron chi connectivity index (χ0n) is 9.09. The minimum atomic E-state index is -1.08. The first-order valence-corrected chi connectivity index (χ1v) is 5.05. The van der Waals surface area contributed by atoms with E-state index in [0.717, 1.165) is 0 Å². The molecule has 1 aromatic heterocycles. The van der Waals surface area contributed by atoms with Gasteiger partial charge < -0.3 is 15.2 Å². The summed E-state index contributed by atoms with van der Waals surface area (Å²) in [4.78, 5) is 22.4. The average molecular weight is 235 g/mol. The van der Waals surface area contributed by atoms with Crippen LogP contribution in [0.1, 0.15) is 12.8 Å². The quantitative estimate of drug-likeness (QED) is 0.759. The first-order chi connectivity index (χ1) is 8.09. The molecule has 0 saturated heterocycles. The first-order valence-electron chi connectivity index (χ1n) is 5.05. The maximum absolute atomic E-state index is 9.64. The highest BCUT2D eigenvalue weighted by Crippen LogP contribution is 2.09. The van der Waals surface area contributed by atoms with E-state index in [1.54, 1.807) is 0 Å². The molecule has 0 bridgehead atoms. The van der Waals surface area contributed by atoms with Gasteiger partial charge in [0.1, 0.15) is 0 Å². The smallest absolute Gasteiger partial charge is 0.303 e. The van der Waals surface area contributed by atoms with Crippen molar-refractivity contribution < 1.29 is 19.8 Å². The molecule has 0 unspecified atom stereocenters. The van der Waals surface area contributed by atoms with Crippen LogP contribution in [0.4, 0.5) is 0 Å².